The molecule has 0 unspecified atom stereocenters. The van der Waals surface area contributed by atoms with Crippen molar-refractivity contribution >= 4 is 34.8 Å². The van der Waals surface area contributed by atoms with Crippen LogP contribution in [0.1, 0.15) is 15.9 Å². The highest BCUT2D eigenvalue weighted by Crippen LogP contribution is 2.30. The van der Waals surface area contributed by atoms with Crippen molar-refractivity contribution in [3.63, 3.8) is 0 Å². The third-order valence-corrected chi connectivity index (χ3v) is 4.88. The lowest BCUT2D eigenvalue weighted by Crippen LogP contribution is -2.13. The molecule has 4 rings (SSSR count). The van der Waals surface area contributed by atoms with Crippen molar-refractivity contribution in [1.29, 1.82) is 0 Å². The summed E-state index contributed by atoms with van der Waals surface area (Å²) in [5.74, 6) is -0.0125. The van der Waals surface area contributed by atoms with E-state index >= 15 is 0 Å². The number of hydrogen-bond acceptors (Lipinski definition) is 5. The van der Waals surface area contributed by atoms with E-state index in [0.717, 1.165) is 23.4 Å². The number of carbonyl (C=O) groups excluding carboxylic acids is 1. The average molecular weight is 470 g/mol. The third-order valence-electron chi connectivity index (χ3n) is 4.55. The van der Waals surface area contributed by atoms with Gasteiger partial charge in [-0.2, -0.15) is 13.2 Å². The van der Waals surface area contributed by atoms with Crippen molar-refractivity contribution in [3.05, 3.63) is 95.5 Å². The summed E-state index contributed by atoms with van der Waals surface area (Å²) in [6.07, 6.45) is 0.796. The summed E-state index contributed by atoms with van der Waals surface area (Å²) in [5.41, 5.74) is 1.41. The van der Waals surface area contributed by atoms with Crippen LogP contribution in [-0.4, -0.2) is 20.9 Å². The van der Waals surface area contributed by atoms with Gasteiger partial charge in [0.25, 0.3) is 5.91 Å². The van der Waals surface area contributed by atoms with E-state index in [9.17, 15) is 18.0 Å². The van der Waals surface area contributed by atoms with Gasteiger partial charge in [0.1, 0.15) is 11.6 Å². The zero-order chi connectivity index (χ0) is 23.4. The molecular formula is C23H15ClF3N5O. The molecule has 2 N–H and O–H groups in total. The summed E-state index contributed by atoms with van der Waals surface area (Å²) in [4.78, 5) is 24.7. The molecule has 0 radical (unpaired) electrons. The van der Waals surface area contributed by atoms with Crippen LogP contribution in [-0.2, 0) is 6.18 Å². The fourth-order valence-corrected chi connectivity index (χ4v) is 3.21. The summed E-state index contributed by atoms with van der Waals surface area (Å²) in [6, 6.07) is 14.1. The number of halogens is 4. The maximum absolute atomic E-state index is 12.7. The van der Waals surface area contributed by atoms with Gasteiger partial charge in [-0.25, -0.2) is 9.97 Å². The second kappa shape index (κ2) is 9.25. The summed E-state index contributed by atoms with van der Waals surface area (Å²) < 4.78 is 38.0. The van der Waals surface area contributed by atoms with Crippen LogP contribution >= 0.6 is 11.6 Å². The van der Waals surface area contributed by atoms with Crippen molar-refractivity contribution in [2.45, 2.75) is 6.18 Å². The molecule has 0 aliphatic carbocycles. The fourth-order valence-electron chi connectivity index (χ4n) is 2.96. The molecule has 1 aromatic carbocycles. The Hall–Kier alpha value is -3.98. The van der Waals surface area contributed by atoms with Crippen LogP contribution in [0.15, 0.2) is 79.4 Å². The molecule has 0 fully saturated rings. The molecule has 0 aliphatic heterocycles. The number of benzene rings is 1. The number of amides is 1. The van der Waals surface area contributed by atoms with Crippen molar-refractivity contribution in [3.8, 4) is 11.1 Å². The van der Waals surface area contributed by atoms with Gasteiger partial charge in [-0.15, -0.1) is 0 Å². The van der Waals surface area contributed by atoms with E-state index in [4.69, 9.17) is 11.6 Å². The highest BCUT2D eigenvalue weighted by Gasteiger charge is 2.30. The van der Waals surface area contributed by atoms with Gasteiger partial charge in [0.2, 0.25) is 0 Å². The van der Waals surface area contributed by atoms with E-state index in [0.29, 0.717) is 10.7 Å². The van der Waals surface area contributed by atoms with E-state index < -0.39 is 17.6 Å². The van der Waals surface area contributed by atoms with E-state index in [1.165, 1.54) is 30.6 Å². The predicted octanol–water partition coefficient (Wildman–Crippen LogP) is 6.21. The molecule has 4 aromatic rings. The topological polar surface area (TPSA) is 79.8 Å². The summed E-state index contributed by atoms with van der Waals surface area (Å²) in [7, 11) is 0. The second-order valence-corrected chi connectivity index (χ2v) is 7.29. The molecule has 0 saturated heterocycles. The zero-order valence-corrected chi connectivity index (χ0v) is 17.5. The maximum atomic E-state index is 12.7. The zero-order valence-electron chi connectivity index (χ0n) is 16.8. The lowest BCUT2D eigenvalue weighted by Gasteiger charge is -2.10. The first-order valence-electron chi connectivity index (χ1n) is 9.57. The first kappa shape index (κ1) is 22.2. The molecule has 6 nitrogen and oxygen atoms in total. The number of pyridine rings is 3. The molecule has 3 heterocycles. The second-order valence-electron chi connectivity index (χ2n) is 6.88. The predicted molar refractivity (Wildman–Crippen MR) is 119 cm³/mol. The minimum Gasteiger partial charge on any atom is -0.325 e. The number of carbonyl (C=O) groups is 1. The van der Waals surface area contributed by atoms with Gasteiger partial charge in [0.15, 0.2) is 0 Å². The highest BCUT2D eigenvalue weighted by atomic mass is 35.5. The van der Waals surface area contributed by atoms with Crippen molar-refractivity contribution in [2.24, 2.45) is 0 Å². The van der Waals surface area contributed by atoms with Gasteiger partial charge >= 0.3 is 6.18 Å². The van der Waals surface area contributed by atoms with E-state index in [1.54, 1.807) is 18.3 Å². The average Bonchev–Trinajstić information content (AvgIpc) is 2.79. The number of anilines is 3. The van der Waals surface area contributed by atoms with Crippen LogP contribution in [0.5, 0.6) is 0 Å². The minimum atomic E-state index is -4.47. The number of rotatable bonds is 5. The molecule has 0 saturated carbocycles. The summed E-state index contributed by atoms with van der Waals surface area (Å²) in [6.45, 7) is 0. The molecular weight excluding hydrogens is 455 g/mol. The summed E-state index contributed by atoms with van der Waals surface area (Å²) in [5, 5.41) is 6.10. The number of alkyl halides is 3. The van der Waals surface area contributed by atoms with Crippen molar-refractivity contribution in [2.75, 3.05) is 10.6 Å². The van der Waals surface area contributed by atoms with E-state index in [-0.39, 0.29) is 17.2 Å². The van der Waals surface area contributed by atoms with Crippen LogP contribution in [0.4, 0.5) is 30.5 Å². The third kappa shape index (κ3) is 5.45. The van der Waals surface area contributed by atoms with Crippen LogP contribution in [0.3, 0.4) is 0 Å². The number of aromatic nitrogens is 3. The molecule has 0 aliphatic rings. The Morgan fingerprint density at radius 3 is 2.45 bits per heavy atom. The first-order valence-corrected chi connectivity index (χ1v) is 9.95. The van der Waals surface area contributed by atoms with Gasteiger partial charge in [-0.05, 0) is 36.4 Å². The Morgan fingerprint density at radius 2 is 1.73 bits per heavy atom. The molecule has 3 aromatic heterocycles. The summed E-state index contributed by atoms with van der Waals surface area (Å²) >= 11 is 6.24. The van der Waals surface area contributed by atoms with Gasteiger partial charge < -0.3 is 10.6 Å². The minimum absolute atomic E-state index is 0.157. The van der Waals surface area contributed by atoms with Crippen molar-refractivity contribution < 1.29 is 18.0 Å². The van der Waals surface area contributed by atoms with Gasteiger partial charge in [-0.1, -0.05) is 29.8 Å². The Labute approximate surface area is 191 Å². The first-order chi connectivity index (χ1) is 15.8. The van der Waals surface area contributed by atoms with Crippen LogP contribution in [0.2, 0.25) is 5.02 Å². The normalized spacial score (nSPS) is 11.2. The number of hydrogen-bond donors (Lipinski definition) is 2. The fraction of sp³-hybridized carbons (Fsp3) is 0.0435. The molecule has 33 heavy (non-hydrogen) atoms. The van der Waals surface area contributed by atoms with E-state index in [2.05, 4.69) is 25.6 Å². The van der Waals surface area contributed by atoms with E-state index in [1.807, 2.05) is 18.2 Å². The maximum Gasteiger partial charge on any atom is 0.417 e. The molecule has 166 valence electrons. The molecule has 0 bridgehead atoms. The molecule has 0 atom stereocenters. The Morgan fingerprint density at radius 1 is 0.909 bits per heavy atom. The quantitative estimate of drug-likeness (QED) is 0.363. The smallest absolute Gasteiger partial charge is 0.325 e. The molecule has 10 heteroatoms. The number of nitrogens with zero attached hydrogens (tertiary/aromatic N) is 3. The van der Waals surface area contributed by atoms with Gasteiger partial charge in [0, 0.05) is 40.3 Å². The van der Waals surface area contributed by atoms with Crippen LogP contribution < -0.4 is 10.6 Å². The lowest BCUT2D eigenvalue weighted by atomic mass is 10.1. The number of nitrogens with one attached hydrogen (secondary N) is 2. The molecule has 1 amide bonds. The van der Waals surface area contributed by atoms with Crippen LogP contribution in [0.25, 0.3) is 11.1 Å². The SMILES string of the molecule is O=C(Nc1cncc(-c2ccccc2Cl)c1)c1ccnc(Nc2ccc(C(F)(F)F)cn2)c1. The van der Waals surface area contributed by atoms with Crippen LogP contribution in [0, 0.1) is 0 Å². The Balaban J connectivity index is 1.48. The standard InChI is InChI=1S/C23H15ClF3N5O/c24-19-4-2-1-3-18(19)15-9-17(13-28-11-15)31-22(33)14-7-8-29-21(10-14)32-20-6-5-16(12-30-20)23(25,26)27/h1-13H,(H,31,33)(H,29,30,32). The molecule has 0 spiro atoms. The largest absolute Gasteiger partial charge is 0.417 e. The van der Waals surface area contributed by atoms with Gasteiger partial charge in [0.05, 0.1) is 17.4 Å². The lowest BCUT2D eigenvalue weighted by molar-refractivity contribution is -0.137. The highest BCUT2D eigenvalue weighted by molar-refractivity contribution is 6.33. The van der Waals surface area contributed by atoms with Crippen molar-refractivity contribution in [1.82, 2.24) is 15.0 Å². The monoisotopic (exact) mass is 469 g/mol. The van der Waals surface area contributed by atoms with Gasteiger partial charge in [-0.3, -0.25) is 9.78 Å². The Bertz CT molecular complexity index is 1300. The Kier molecular flexibility index (Phi) is 6.23.